The van der Waals surface area contributed by atoms with E-state index in [4.69, 9.17) is 5.53 Å². The molecule has 0 radical (unpaired) electrons. The van der Waals surface area contributed by atoms with Gasteiger partial charge >= 0.3 is 0 Å². The maximum Gasteiger partial charge on any atom is 0.0299 e. The third-order valence-electron chi connectivity index (χ3n) is 4.09. The lowest BCUT2D eigenvalue weighted by atomic mass is 10.0. The van der Waals surface area contributed by atoms with Crippen molar-refractivity contribution in [3.63, 3.8) is 0 Å². The first-order chi connectivity index (χ1) is 10.8. The predicted octanol–water partition coefficient (Wildman–Crippen LogP) is 6.08. The Balaban J connectivity index is 1.83. The molecule has 4 heteroatoms. The molecule has 0 aromatic carbocycles. The summed E-state index contributed by atoms with van der Waals surface area (Å²) in [5.41, 5.74) is 9.62. The summed E-state index contributed by atoms with van der Waals surface area (Å²) < 4.78 is 0. The van der Waals surface area contributed by atoms with Crippen molar-refractivity contribution in [1.82, 2.24) is 4.98 Å². The van der Waals surface area contributed by atoms with E-state index in [0.717, 1.165) is 6.42 Å². The highest BCUT2D eigenvalue weighted by molar-refractivity contribution is 5.08. The third-order valence-corrected chi connectivity index (χ3v) is 4.09. The molecule has 22 heavy (non-hydrogen) atoms. The van der Waals surface area contributed by atoms with Gasteiger partial charge in [-0.1, -0.05) is 69.5 Å². The molecule has 1 rings (SSSR count). The summed E-state index contributed by atoms with van der Waals surface area (Å²) in [4.78, 5) is 6.96. The van der Waals surface area contributed by atoms with E-state index in [0.29, 0.717) is 12.5 Å². The van der Waals surface area contributed by atoms with Crippen LogP contribution >= 0.6 is 0 Å². The molecule has 0 saturated carbocycles. The van der Waals surface area contributed by atoms with E-state index >= 15 is 0 Å². The van der Waals surface area contributed by atoms with E-state index < -0.39 is 0 Å². The zero-order valence-electron chi connectivity index (χ0n) is 14.0. The molecule has 0 bridgehead atoms. The van der Waals surface area contributed by atoms with Gasteiger partial charge in [0.25, 0.3) is 0 Å². The fourth-order valence-electron chi connectivity index (χ4n) is 2.70. The van der Waals surface area contributed by atoms with Crippen molar-refractivity contribution in [2.45, 2.75) is 71.1 Å². The van der Waals surface area contributed by atoms with Crippen molar-refractivity contribution < 1.29 is 0 Å². The van der Waals surface area contributed by atoms with Gasteiger partial charge in [0.2, 0.25) is 0 Å². The lowest BCUT2D eigenvalue weighted by molar-refractivity contribution is 0.486. The molecule has 0 aliphatic heterocycles. The average Bonchev–Trinajstić information content (AvgIpc) is 2.55. The zero-order valence-corrected chi connectivity index (χ0v) is 14.0. The smallest absolute Gasteiger partial charge is 0.0299 e. The Hall–Kier alpha value is -1.54. The van der Waals surface area contributed by atoms with Gasteiger partial charge < -0.3 is 0 Å². The monoisotopic (exact) mass is 302 g/mol. The Labute approximate surface area is 135 Å². The summed E-state index contributed by atoms with van der Waals surface area (Å²) in [7, 11) is 0. The molecule has 0 aliphatic rings. The highest BCUT2D eigenvalue weighted by Crippen LogP contribution is 2.14. The van der Waals surface area contributed by atoms with E-state index in [1.54, 1.807) is 0 Å². The molecule has 0 fully saturated rings. The topological polar surface area (TPSA) is 61.7 Å². The summed E-state index contributed by atoms with van der Waals surface area (Å²) in [5.74, 6) is 0.531. The van der Waals surface area contributed by atoms with E-state index in [1.807, 2.05) is 18.5 Å². The lowest BCUT2D eigenvalue weighted by Gasteiger charge is -2.07. The Morgan fingerprint density at radius 3 is 2.41 bits per heavy atom. The number of hydrogen-bond donors (Lipinski definition) is 0. The molecular formula is C18H30N4. The summed E-state index contributed by atoms with van der Waals surface area (Å²) in [6.45, 7) is 2.81. The van der Waals surface area contributed by atoms with Crippen LogP contribution in [0.15, 0.2) is 29.6 Å². The van der Waals surface area contributed by atoms with Gasteiger partial charge in [-0.2, -0.15) is 0 Å². The van der Waals surface area contributed by atoms with Crippen LogP contribution < -0.4 is 0 Å². The molecule has 0 N–H and O–H groups in total. The van der Waals surface area contributed by atoms with Crippen LogP contribution in [-0.4, -0.2) is 11.5 Å². The molecule has 1 aromatic heterocycles. The number of rotatable bonds is 13. The molecule has 1 atom stereocenters. The number of nitrogens with zero attached hydrogens (tertiary/aromatic N) is 4. The van der Waals surface area contributed by atoms with E-state index in [9.17, 15) is 0 Å². The fourth-order valence-corrected chi connectivity index (χ4v) is 2.70. The van der Waals surface area contributed by atoms with Gasteiger partial charge in [-0.25, -0.2) is 0 Å². The minimum Gasteiger partial charge on any atom is -0.264 e. The van der Waals surface area contributed by atoms with E-state index in [1.165, 1.54) is 63.4 Å². The van der Waals surface area contributed by atoms with Gasteiger partial charge in [-0.05, 0) is 35.9 Å². The molecule has 0 amide bonds. The molecule has 0 aliphatic carbocycles. The van der Waals surface area contributed by atoms with Crippen LogP contribution in [0.25, 0.3) is 10.4 Å². The molecule has 0 saturated heterocycles. The normalized spacial score (nSPS) is 11.9. The van der Waals surface area contributed by atoms with Crippen LogP contribution in [0.3, 0.4) is 0 Å². The van der Waals surface area contributed by atoms with Crippen molar-refractivity contribution in [2.75, 3.05) is 6.54 Å². The second kappa shape index (κ2) is 13.1. The number of aryl methyl sites for hydroxylation is 1. The lowest BCUT2D eigenvalue weighted by Crippen LogP contribution is -1.98. The summed E-state index contributed by atoms with van der Waals surface area (Å²) in [6, 6.07) is 4.18. The van der Waals surface area contributed by atoms with Crippen LogP contribution in [0.4, 0.5) is 0 Å². The van der Waals surface area contributed by atoms with Crippen molar-refractivity contribution in [2.24, 2.45) is 11.0 Å². The molecule has 1 heterocycles. The molecule has 122 valence electrons. The maximum absolute atomic E-state index is 8.27. The van der Waals surface area contributed by atoms with E-state index in [2.05, 4.69) is 28.0 Å². The minimum atomic E-state index is 0.531. The Morgan fingerprint density at radius 1 is 1.09 bits per heavy atom. The molecule has 0 spiro atoms. The number of aromatic nitrogens is 1. The number of hydrogen-bond acceptors (Lipinski definition) is 2. The van der Waals surface area contributed by atoms with Gasteiger partial charge in [0, 0.05) is 23.9 Å². The average molecular weight is 302 g/mol. The summed E-state index contributed by atoms with van der Waals surface area (Å²) >= 11 is 0. The number of unbranched alkanes of at least 4 members (excludes halogenated alkanes) is 7. The number of azide groups is 1. The number of pyridine rings is 1. The fraction of sp³-hybridized carbons (Fsp3) is 0.722. The van der Waals surface area contributed by atoms with Crippen LogP contribution in [0.2, 0.25) is 0 Å². The van der Waals surface area contributed by atoms with Crippen LogP contribution in [-0.2, 0) is 6.42 Å². The second-order valence-electron chi connectivity index (χ2n) is 6.25. The highest BCUT2D eigenvalue weighted by Gasteiger charge is 2.00. The van der Waals surface area contributed by atoms with Crippen molar-refractivity contribution in [1.29, 1.82) is 0 Å². The van der Waals surface area contributed by atoms with Crippen LogP contribution in [0.5, 0.6) is 0 Å². The zero-order chi connectivity index (χ0) is 15.9. The quantitative estimate of drug-likeness (QED) is 0.188. The van der Waals surface area contributed by atoms with Crippen LogP contribution in [0, 0.1) is 5.92 Å². The van der Waals surface area contributed by atoms with Crippen molar-refractivity contribution in [3.8, 4) is 0 Å². The summed E-state index contributed by atoms with van der Waals surface area (Å²) in [5, 5.41) is 3.63. The maximum atomic E-state index is 8.27. The molecule has 0 unspecified atom stereocenters. The largest absolute Gasteiger partial charge is 0.264 e. The standard InChI is InChI=1S/C18H30N4/c1-17(15-21-22-19)11-8-6-4-2-3-5-7-9-12-18-13-10-14-20-16-18/h10,13-14,16-17H,2-9,11-12,15H2,1H3/t17-/m0/s1. The SMILES string of the molecule is C[C@@H](CCCCCCCCCCc1cccnc1)CN=[N+]=[N-]. The molecular weight excluding hydrogens is 272 g/mol. The molecule has 4 nitrogen and oxygen atoms in total. The van der Waals surface area contributed by atoms with Gasteiger partial charge in [0.05, 0.1) is 0 Å². The first-order valence-electron chi connectivity index (χ1n) is 8.72. The minimum absolute atomic E-state index is 0.531. The van der Waals surface area contributed by atoms with Crippen LogP contribution in [0.1, 0.15) is 70.3 Å². The molecule has 1 aromatic rings. The van der Waals surface area contributed by atoms with Gasteiger partial charge in [0.15, 0.2) is 0 Å². The van der Waals surface area contributed by atoms with Crippen molar-refractivity contribution in [3.05, 3.63) is 40.5 Å². The first kappa shape index (κ1) is 18.5. The highest BCUT2D eigenvalue weighted by atomic mass is 15.1. The first-order valence-corrected chi connectivity index (χ1v) is 8.72. The Bertz CT molecular complexity index is 412. The second-order valence-corrected chi connectivity index (χ2v) is 6.25. The Morgan fingerprint density at radius 2 is 1.77 bits per heavy atom. The van der Waals surface area contributed by atoms with Gasteiger partial charge in [-0.15, -0.1) is 0 Å². The van der Waals surface area contributed by atoms with Gasteiger partial charge in [0.1, 0.15) is 0 Å². The Kier molecular flexibility index (Phi) is 11.1. The summed E-state index contributed by atoms with van der Waals surface area (Å²) in [6.07, 6.45) is 16.8. The predicted molar refractivity (Wildman–Crippen MR) is 92.7 cm³/mol. The third kappa shape index (κ3) is 10.2. The van der Waals surface area contributed by atoms with Gasteiger partial charge in [-0.3, -0.25) is 4.98 Å². The van der Waals surface area contributed by atoms with Crippen molar-refractivity contribution >= 4 is 0 Å². The van der Waals surface area contributed by atoms with E-state index in [-0.39, 0.29) is 0 Å².